The summed E-state index contributed by atoms with van der Waals surface area (Å²) in [6.45, 7) is 2.32. The first-order valence-electron chi connectivity index (χ1n) is 8.22. The van der Waals surface area contributed by atoms with Crippen molar-refractivity contribution < 1.29 is 23.1 Å². The topological polar surface area (TPSA) is 104 Å². The molecule has 0 fully saturated rings. The van der Waals surface area contributed by atoms with E-state index in [9.17, 15) is 23.1 Å². The van der Waals surface area contributed by atoms with Crippen LogP contribution in [0.5, 0.6) is 0 Å². The number of carboxylic acids is 1. The van der Waals surface area contributed by atoms with E-state index in [1.807, 2.05) is 0 Å². The molecule has 0 aromatic heterocycles. The molecule has 0 aliphatic carbocycles. The van der Waals surface area contributed by atoms with Gasteiger partial charge in [-0.05, 0) is 42.3 Å². The van der Waals surface area contributed by atoms with Gasteiger partial charge in [0, 0.05) is 23.7 Å². The van der Waals surface area contributed by atoms with Crippen LogP contribution in [-0.4, -0.2) is 31.9 Å². The molecular formula is C18H17ClN2O5S. The Morgan fingerprint density at radius 2 is 1.96 bits per heavy atom. The van der Waals surface area contributed by atoms with Crippen molar-refractivity contribution in [3.8, 4) is 0 Å². The molecule has 0 spiro atoms. The number of carboxylic acid groups (broad SMARTS) is 1. The van der Waals surface area contributed by atoms with Crippen molar-refractivity contribution in [2.75, 3.05) is 16.2 Å². The Morgan fingerprint density at radius 3 is 2.63 bits per heavy atom. The second-order valence-electron chi connectivity index (χ2n) is 6.04. The summed E-state index contributed by atoms with van der Waals surface area (Å²) < 4.78 is 27.8. The number of sulfonamides is 1. The first kappa shape index (κ1) is 19.2. The Balaban J connectivity index is 1.97. The van der Waals surface area contributed by atoms with Crippen molar-refractivity contribution in [2.24, 2.45) is 0 Å². The van der Waals surface area contributed by atoms with Crippen molar-refractivity contribution in [2.45, 2.75) is 24.7 Å². The third kappa shape index (κ3) is 3.77. The van der Waals surface area contributed by atoms with E-state index >= 15 is 0 Å². The number of nitrogens with zero attached hydrogens (tertiary/aromatic N) is 1. The molecule has 0 radical (unpaired) electrons. The SMILES string of the molecule is CCC(=O)N1CCc2ccc(NS(=O)(=O)c3ccc(Cl)cc3C(=O)O)cc21. The molecule has 2 aromatic rings. The van der Waals surface area contributed by atoms with Gasteiger partial charge in [0.1, 0.15) is 4.90 Å². The molecule has 27 heavy (non-hydrogen) atoms. The highest BCUT2D eigenvalue weighted by molar-refractivity contribution is 7.92. The Hall–Kier alpha value is -2.58. The summed E-state index contributed by atoms with van der Waals surface area (Å²) in [6, 6.07) is 8.48. The Bertz CT molecular complexity index is 1040. The molecule has 1 aliphatic rings. The zero-order chi connectivity index (χ0) is 19.8. The number of anilines is 2. The van der Waals surface area contributed by atoms with Crippen molar-refractivity contribution in [3.05, 3.63) is 52.5 Å². The lowest BCUT2D eigenvalue weighted by Gasteiger charge is -2.17. The van der Waals surface area contributed by atoms with E-state index < -0.39 is 21.6 Å². The zero-order valence-electron chi connectivity index (χ0n) is 14.4. The number of fused-ring (bicyclic) bond motifs is 1. The van der Waals surface area contributed by atoms with Crippen LogP contribution < -0.4 is 9.62 Å². The number of halogens is 1. The number of benzene rings is 2. The molecule has 2 N–H and O–H groups in total. The third-order valence-electron chi connectivity index (χ3n) is 4.30. The number of nitrogens with one attached hydrogen (secondary N) is 1. The summed E-state index contributed by atoms with van der Waals surface area (Å²) in [6.07, 6.45) is 1.05. The molecule has 0 bridgehead atoms. The highest BCUT2D eigenvalue weighted by atomic mass is 35.5. The van der Waals surface area contributed by atoms with Gasteiger partial charge in [-0.3, -0.25) is 9.52 Å². The summed E-state index contributed by atoms with van der Waals surface area (Å²) in [5, 5.41) is 9.40. The Kier molecular flexibility index (Phi) is 5.12. The Morgan fingerprint density at radius 1 is 1.22 bits per heavy atom. The van der Waals surface area contributed by atoms with Crippen molar-refractivity contribution in [3.63, 3.8) is 0 Å². The number of hydrogen-bond acceptors (Lipinski definition) is 4. The summed E-state index contributed by atoms with van der Waals surface area (Å²) in [5.74, 6) is -1.44. The summed E-state index contributed by atoms with van der Waals surface area (Å²) >= 11 is 5.78. The van der Waals surface area contributed by atoms with Gasteiger partial charge in [-0.2, -0.15) is 0 Å². The first-order valence-corrected chi connectivity index (χ1v) is 10.1. The lowest BCUT2D eigenvalue weighted by Crippen LogP contribution is -2.27. The minimum absolute atomic E-state index is 0.0420. The minimum Gasteiger partial charge on any atom is -0.478 e. The number of rotatable bonds is 5. The van der Waals surface area contributed by atoms with E-state index in [-0.39, 0.29) is 21.5 Å². The molecule has 142 valence electrons. The second kappa shape index (κ2) is 7.21. The average molecular weight is 409 g/mol. The number of hydrogen-bond donors (Lipinski definition) is 2. The van der Waals surface area contributed by atoms with E-state index in [1.165, 1.54) is 6.07 Å². The monoisotopic (exact) mass is 408 g/mol. The van der Waals surface area contributed by atoms with Gasteiger partial charge >= 0.3 is 5.97 Å². The van der Waals surface area contributed by atoms with Crippen LogP contribution >= 0.6 is 11.6 Å². The first-order chi connectivity index (χ1) is 12.7. The maximum absolute atomic E-state index is 12.7. The van der Waals surface area contributed by atoms with E-state index in [2.05, 4.69) is 4.72 Å². The fourth-order valence-electron chi connectivity index (χ4n) is 3.01. The molecule has 0 saturated carbocycles. The van der Waals surface area contributed by atoms with E-state index in [4.69, 9.17) is 11.6 Å². The van der Waals surface area contributed by atoms with Gasteiger partial charge in [0.05, 0.1) is 11.3 Å². The van der Waals surface area contributed by atoms with Crippen LogP contribution in [-0.2, 0) is 21.2 Å². The van der Waals surface area contributed by atoms with Crippen molar-refractivity contribution in [1.29, 1.82) is 0 Å². The molecule has 2 aromatic carbocycles. The highest BCUT2D eigenvalue weighted by Crippen LogP contribution is 2.32. The summed E-state index contributed by atoms with van der Waals surface area (Å²) in [7, 11) is -4.16. The zero-order valence-corrected chi connectivity index (χ0v) is 16.0. The quantitative estimate of drug-likeness (QED) is 0.790. The predicted molar refractivity (Wildman–Crippen MR) is 102 cm³/mol. The highest BCUT2D eigenvalue weighted by Gasteiger charge is 2.26. The lowest BCUT2D eigenvalue weighted by molar-refractivity contribution is -0.118. The van der Waals surface area contributed by atoms with Gasteiger partial charge in [0.15, 0.2) is 0 Å². The van der Waals surface area contributed by atoms with Gasteiger partial charge in [-0.15, -0.1) is 0 Å². The smallest absolute Gasteiger partial charge is 0.337 e. The van der Waals surface area contributed by atoms with Gasteiger partial charge in [-0.1, -0.05) is 24.6 Å². The number of aromatic carboxylic acids is 1. The van der Waals surface area contributed by atoms with Crippen LogP contribution in [0.3, 0.4) is 0 Å². The molecular weight excluding hydrogens is 392 g/mol. The molecule has 0 unspecified atom stereocenters. The van der Waals surface area contributed by atoms with Crippen LogP contribution in [0, 0.1) is 0 Å². The number of amides is 1. The molecule has 0 saturated heterocycles. The van der Waals surface area contributed by atoms with E-state index in [1.54, 1.807) is 30.0 Å². The van der Waals surface area contributed by atoms with Crippen LogP contribution in [0.1, 0.15) is 29.3 Å². The average Bonchev–Trinajstić information content (AvgIpc) is 3.03. The minimum atomic E-state index is -4.16. The van der Waals surface area contributed by atoms with Gasteiger partial charge in [0.2, 0.25) is 5.91 Å². The molecule has 1 amide bonds. The fourth-order valence-corrected chi connectivity index (χ4v) is 4.41. The van der Waals surface area contributed by atoms with Gasteiger partial charge < -0.3 is 10.0 Å². The molecule has 9 heteroatoms. The second-order valence-corrected chi connectivity index (χ2v) is 8.13. The fraction of sp³-hybridized carbons (Fsp3) is 0.222. The Labute approximate surface area is 161 Å². The van der Waals surface area contributed by atoms with Crippen LogP contribution in [0.25, 0.3) is 0 Å². The maximum Gasteiger partial charge on any atom is 0.337 e. The summed E-state index contributed by atoms with van der Waals surface area (Å²) in [4.78, 5) is 24.7. The standard InChI is InChI=1S/C18H17ClN2O5S/c1-2-17(22)21-8-7-11-3-5-13(10-15(11)21)20-27(25,26)16-6-4-12(19)9-14(16)18(23)24/h3-6,9-10,20H,2,7-8H2,1H3,(H,23,24). The maximum atomic E-state index is 12.7. The molecule has 1 heterocycles. The largest absolute Gasteiger partial charge is 0.478 e. The lowest BCUT2D eigenvalue weighted by atomic mass is 10.1. The normalized spacial score (nSPS) is 13.3. The van der Waals surface area contributed by atoms with E-state index in [0.29, 0.717) is 25.1 Å². The van der Waals surface area contributed by atoms with Crippen LogP contribution in [0.4, 0.5) is 11.4 Å². The number of carbonyl (C=O) groups is 2. The van der Waals surface area contributed by atoms with Gasteiger partial charge in [0.25, 0.3) is 10.0 Å². The third-order valence-corrected chi connectivity index (χ3v) is 5.97. The van der Waals surface area contributed by atoms with Gasteiger partial charge in [-0.25, -0.2) is 13.2 Å². The van der Waals surface area contributed by atoms with E-state index in [0.717, 1.165) is 17.7 Å². The van der Waals surface area contributed by atoms with Crippen LogP contribution in [0.2, 0.25) is 5.02 Å². The number of carbonyl (C=O) groups excluding carboxylic acids is 1. The van der Waals surface area contributed by atoms with Crippen molar-refractivity contribution >= 4 is 44.9 Å². The molecule has 7 nitrogen and oxygen atoms in total. The summed E-state index contributed by atoms with van der Waals surface area (Å²) in [5.41, 5.74) is 1.45. The predicted octanol–water partition coefficient (Wildman–Crippen LogP) is 3.14. The molecule has 1 aliphatic heterocycles. The van der Waals surface area contributed by atoms with Crippen LogP contribution in [0.15, 0.2) is 41.3 Å². The molecule has 3 rings (SSSR count). The molecule has 0 atom stereocenters. The van der Waals surface area contributed by atoms with Crippen molar-refractivity contribution in [1.82, 2.24) is 0 Å².